The highest BCUT2D eigenvalue weighted by Gasteiger charge is 2.37. The number of anilines is 3. The highest BCUT2D eigenvalue weighted by atomic mass is 19.1. The van der Waals surface area contributed by atoms with Crippen LogP contribution in [0, 0.1) is 23.1 Å². The highest BCUT2D eigenvalue weighted by Crippen LogP contribution is 2.36. The molecule has 0 aliphatic heterocycles. The zero-order valence-corrected chi connectivity index (χ0v) is 20.2. The van der Waals surface area contributed by atoms with Gasteiger partial charge in [-0.1, -0.05) is 6.07 Å². The van der Waals surface area contributed by atoms with Crippen molar-refractivity contribution in [2.45, 2.75) is 58.2 Å². The van der Waals surface area contributed by atoms with Crippen molar-refractivity contribution in [3.05, 3.63) is 54.0 Å². The summed E-state index contributed by atoms with van der Waals surface area (Å²) in [7, 11) is 0. The van der Waals surface area contributed by atoms with Crippen molar-refractivity contribution in [3.8, 4) is 6.07 Å². The minimum atomic E-state index is -0.637. The maximum atomic E-state index is 15.0. The van der Waals surface area contributed by atoms with E-state index in [0.29, 0.717) is 5.69 Å². The molecule has 35 heavy (non-hydrogen) atoms. The number of aromatic nitrogens is 2. The van der Waals surface area contributed by atoms with Gasteiger partial charge in [-0.15, -0.1) is 0 Å². The quantitative estimate of drug-likeness (QED) is 0.413. The second-order valence-corrected chi connectivity index (χ2v) is 9.77. The van der Waals surface area contributed by atoms with Crippen molar-refractivity contribution < 1.29 is 13.9 Å². The number of alkyl carbamates (subject to hydrolysis) is 1. The summed E-state index contributed by atoms with van der Waals surface area (Å²) in [6, 6.07) is 11.9. The predicted octanol–water partition coefficient (Wildman–Crippen LogP) is 5.49. The molecule has 4 rings (SSSR count). The Morgan fingerprint density at radius 1 is 1.23 bits per heavy atom. The van der Waals surface area contributed by atoms with Gasteiger partial charge in [0.1, 0.15) is 11.7 Å². The zero-order valence-electron chi connectivity index (χ0n) is 20.2. The highest BCUT2D eigenvalue weighted by molar-refractivity contribution is 5.93. The molecule has 182 valence electrons. The van der Waals surface area contributed by atoms with Crippen LogP contribution in [0.25, 0.3) is 10.9 Å². The molecule has 0 saturated heterocycles. The number of nitriles is 1. The summed E-state index contributed by atoms with van der Waals surface area (Å²) >= 11 is 0. The third-order valence-corrected chi connectivity index (χ3v) is 5.71. The minimum absolute atomic E-state index is 0.0135. The topological polar surface area (TPSA) is 112 Å². The molecule has 1 aromatic carbocycles. The summed E-state index contributed by atoms with van der Waals surface area (Å²) in [5, 5.41) is 19.6. The summed E-state index contributed by atoms with van der Waals surface area (Å²) in [5.41, 5.74) is 0.949. The molecule has 1 saturated carbocycles. The van der Waals surface area contributed by atoms with Crippen LogP contribution in [0.15, 0.2) is 42.6 Å². The Hall–Kier alpha value is -3.93. The van der Waals surface area contributed by atoms with Gasteiger partial charge in [0, 0.05) is 23.3 Å². The van der Waals surface area contributed by atoms with E-state index < -0.39 is 17.5 Å². The van der Waals surface area contributed by atoms with Gasteiger partial charge in [-0.2, -0.15) is 5.26 Å². The molecule has 2 heterocycles. The van der Waals surface area contributed by atoms with E-state index in [2.05, 4.69) is 25.9 Å². The molecule has 0 bridgehead atoms. The summed E-state index contributed by atoms with van der Waals surface area (Å²) in [4.78, 5) is 21.1. The molecular formula is C26H29FN6O2. The molecule has 0 radical (unpaired) electrons. The molecule has 0 spiro atoms. The standard InChI is InChI=1S/C26H29FN6O2/c1-15(30-25(34)35-26(2,3)4)22(16-10-11-16)32-24-19(27)13-17(14-28)23(33-24)31-21-9-5-8-20-18(21)7-6-12-29-20/h5-9,12-13,15-16,22H,10-11H2,1-4H3,(H,30,34)(H2,31,32,33)/t15-,22-/m0/s1. The third-order valence-electron chi connectivity index (χ3n) is 5.71. The van der Waals surface area contributed by atoms with Crippen LogP contribution in [0.4, 0.5) is 26.5 Å². The van der Waals surface area contributed by atoms with Crippen molar-refractivity contribution in [2.24, 2.45) is 5.92 Å². The van der Waals surface area contributed by atoms with Crippen LogP contribution in [0.2, 0.25) is 0 Å². The molecule has 3 aromatic rings. The van der Waals surface area contributed by atoms with Crippen LogP contribution < -0.4 is 16.0 Å². The van der Waals surface area contributed by atoms with Gasteiger partial charge in [0.2, 0.25) is 0 Å². The van der Waals surface area contributed by atoms with Crippen LogP contribution in [0.3, 0.4) is 0 Å². The van der Waals surface area contributed by atoms with Crippen LogP contribution in [-0.2, 0) is 4.74 Å². The predicted molar refractivity (Wildman–Crippen MR) is 133 cm³/mol. The lowest BCUT2D eigenvalue weighted by atomic mass is 10.0. The number of halogens is 1. The number of pyridine rings is 2. The van der Waals surface area contributed by atoms with Crippen molar-refractivity contribution in [3.63, 3.8) is 0 Å². The third kappa shape index (κ3) is 5.96. The summed E-state index contributed by atoms with van der Waals surface area (Å²) in [6.07, 6.45) is 3.10. The van der Waals surface area contributed by atoms with E-state index in [0.717, 1.165) is 29.8 Å². The van der Waals surface area contributed by atoms with Gasteiger partial charge in [0.15, 0.2) is 17.5 Å². The average Bonchev–Trinajstić information content (AvgIpc) is 3.63. The number of hydrogen-bond donors (Lipinski definition) is 3. The molecule has 8 nitrogen and oxygen atoms in total. The fourth-order valence-corrected chi connectivity index (χ4v) is 3.96. The summed E-state index contributed by atoms with van der Waals surface area (Å²) < 4.78 is 20.3. The number of rotatable bonds is 7. The van der Waals surface area contributed by atoms with Crippen LogP contribution in [-0.4, -0.2) is 33.7 Å². The zero-order chi connectivity index (χ0) is 25.2. The molecule has 1 aliphatic rings. The largest absolute Gasteiger partial charge is 0.444 e. The van der Waals surface area contributed by atoms with Crippen molar-refractivity contribution in [1.82, 2.24) is 15.3 Å². The van der Waals surface area contributed by atoms with E-state index in [1.807, 2.05) is 43.3 Å². The van der Waals surface area contributed by atoms with E-state index in [1.165, 1.54) is 0 Å². The SMILES string of the molecule is C[C@H](NC(=O)OC(C)(C)C)[C@H](Nc1nc(Nc2cccc3ncccc23)c(C#N)cc1F)C1CC1. The molecule has 1 fully saturated rings. The second-order valence-electron chi connectivity index (χ2n) is 9.77. The number of amides is 1. The van der Waals surface area contributed by atoms with Crippen molar-refractivity contribution in [2.75, 3.05) is 10.6 Å². The summed E-state index contributed by atoms with van der Waals surface area (Å²) in [5.74, 6) is -0.131. The normalized spacial score (nSPS) is 15.1. The average molecular weight is 477 g/mol. The van der Waals surface area contributed by atoms with Crippen molar-refractivity contribution in [1.29, 1.82) is 5.26 Å². The minimum Gasteiger partial charge on any atom is -0.444 e. The molecule has 2 aromatic heterocycles. The van der Waals surface area contributed by atoms with E-state index in [-0.39, 0.29) is 35.2 Å². The smallest absolute Gasteiger partial charge is 0.407 e. The molecular weight excluding hydrogens is 447 g/mol. The Morgan fingerprint density at radius 2 is 2.00 bits per heavy atom. The number of nitrogens with one attached hydrogen (secondary N) is 3. The van der Waals surface area contributed by atoms with Gasteiger partial charge < -0.3 is 20.7 Å². The van der Waals surface area contributed by atoms with E-state index in [9.17, 15) is 14.4 Å². The fraction of sp³-hybridized carbons (Fsp3) is 0.385. The number of hydrogen-bond acceptors (Lipinski definition) is 7. The lowest BCUT2D eigenvalue weighted by Crippen LogP contribution is -2.47. The Morgan fingerprint density at radius 3 is 2.69 bits per heavy atom. The Labute approximate surface area is 203 Å². The Kier molecular flexibility index (Phi) is 6.74. The van der Waals surface area contributed by atoms with Crippen LogP contribution in [0.5, 0.6) is 0 Å². The molecule has 1 aliphatic carbocycles. The second kappa shape index (κ2) is 9.74. The number of benzene rings is 1. The van der Waals surface area contributed by atoms with Crippen molar-refractivity contribution >= 4 is 34.3 Å². The lowest BCUT2D eigenvalue weighted by molar-refractivity contribution is 0.0501. The number of nitrogens with zero attached hydrogens (tertiary/aromatic N) is 3. The molecule has 3 N–H and O–H groups in total. The first kappa shape index (κ1) is 24.2. The Balaban J connectivity index is 1.59. The van der Waals surface area contributed by atoms with Crippen LogP contribution in [0.1, 0.15) is 46.1 Å². The molecule has 1 amide bonds. The Bertz CT molecular complexity index is 1270. The van der Waals surface area contributed by atoms with E-state index >= 15 is 0 Å². The van der Waals surface area contributed by atoms with Gasteiger partial charge in [0.25, 0.3) is 0 Å². The number of carbonyl (C=O) groups excluding carboxylic acids is 1. The fourth-order valence-electron chi connectivity index (χ4n) is 3.96. The first-order valence-electron chi connectivity index (χ1n) is 11.6. The van der Waals surface area contributed by atoms with Crippen LogP contribution >= 0.6 is 0 Å². The lowest BCUT2D eigenvalue weighted by Gasteiger charge is -2.28. The first-order valence-corrected chi connectivity index (χ1v) is 11.6. The molecule has 2 atom stereocenters. The van der Waals surface area contributed by atoms with Gasteiger partial charge in [-0.25, -0.2) is 14.2 Å². The molecule has 9 heteroatoms. The van der Waals surface area contributed by atoms with Gasteiger partial charge in [0.05, 0.1) is 17.1 Å². The van der Waals surface area contributed by atoms with E-state index in [4.69, 9.17) is 4.74 Å². The number of carbonyl (C=O) groups is 1. The number of fused-ring (bicyclic) bond motifs is 1. The first-order chi connectivity index (χ1) is 16.6. The maximum Gasteiger partial charge on any atom is 0.407 e. The number of ether oxygens (including phenoxy) is 1. The molecule has 0 unspecified atom stereocenters. The van der Waals surface area contributed by atoms with E-state index in [1.54, 1.807) is 27.0 Å². The van der Waals surface area contributed by atoms with Gasteiger partial charge in [-0.05, 0) is 76.8 Å². The maximum absolute atomic E-state index is 15.0. The monoisotopic (exact) mass is 476 g/mol. The van der Waals surface area contributed by atoms with Gasteiger partial charge in [-0.3, -0.25) is 4.98 Å². The summed E-state index contributed by atoms with van der Waals surface area (Å²) in [6.45, 7) is 7.24. The van der Waals surface area contributed by atoms with Gasteiger partial charge >= 0.3 is 6.09 Å².